The monoisotopic (exact) mass is 430 g/mol. The third-order valence-electron chi connectivity index (χ3n) is 3.16. The summed E-state index contributed by atoms with van der Waals surface area (Å²) >= 11 is 5.56. The predicted molar refractivity (Wildman–Crippen MR) is 86.5 cm³/mol. The number of halogens is 2. The standard InChI is InChI=1S/C14H12BrIN2O/c15-10-3-1-2-8(6-10)7-11-17-13(9-4-5-9)12(16)14(19)18-11/h1-3,6,9H,4-5,7H2,(H,17,18,19). The highest BCUT2D eigenvalue weighted by Gasteiger charge is 2.28. The molecule has 0 unspecified atom stereocenters. The molecule has 3 nitrogen and oxygen atoms in total. The van der Waals surface area contributed by atoms with E-state index in [0.29, 0.717) is 12.3 Å². The molecule has 1 saturated carbocycles. The number of rotatable bonds is 3. The molecule has 1 heterocycles. The van der Waals surface area contributed by atoms with E-state index in [9.17, 15) is 4.79 Å². The Morgan fingerprint density at radius 2 is 2.21 bits per heavy atom. The fourth-order valence-electron chi connectivity index (χ4n) is 2.08. The van der Waals surface area contributed by atoms with E-state index in [1.807, 2.05) is 18.2 Å². The van der Waals surface area contributed by atoms with Crippen LogP contribution in [0.25, 0.3) is 0 Å². The number of hydrogen-bond acceptors (Lipinski definition) is 2. The average molecular weight is 431 g/mol. The lowest BCUT2D eigenvalue weighted by Crippen LogP contribution is -2.18. The number of hydrogen-bond donors (Lipinski definition) is 1. The molecule has 1 aliphatic rings. The molecule has 0 atom stereocenters. The maximum absolute atomic E-state index is 11.9. The predicted octanol–water partition coefficient (Wildman–Crippen LogP) is 3.61. The molecule has 1 aromatic heterocycles. The third-order valence-corrected chi connectivity index (χ3v) is 4.70. The zero-order valence-corrected chi connectivity index (χ0v) is 13.9. The molecular weight excluding hydrogens is 419 g/mol. The van der Waals surface area contributed by atoms with Crippen LogP contribution in [0.2, 0.25) is 0 Å². The summed E-state index contributed by atoms with van der Waals surface area (Å²) in [5.41, 5.74) is 2.11. The Bertz CT molecular complexity index is 679. The SMILES string of the molecule is O=c1[nH]c(Cc2cccc(Br)c2)nc(C2CC2)c1I. The van der Waals surface area contributed by atoms with E-state index < -0.39 is 0 Å². The second-order valence-corrected chi connectivity index (χ2v) is 6.79. The van der Waals surface area contributed by atoms with E-state index >= 15 is 0 Å². The van der Waals surface area contributed by atoms with E-state index in [2.05, 4.69) is 54.6 Å². The van der Waals surface area contributed by atoms with Gasteiger partial charge in [-0.3, -0.25) is 4.79 Å². The molecule has 0 bridgehead atoms. The smallest absolute Gasteiger partial charge is 0.264 e. The Balaban J connectivity index is 1.95. The molecule has 0 spiro atoms. The highest BCUT2D eigenvalue weighted by molar-refractivity contribution is 14.1. The first-order valence-electron chi connectivity index (χ1n) is 6.16. The van der Waals surface area contributed by atoms with Gasteiger partial charge in [-0.15, -0.1) is 0 Å². The van der Waals surface area contributed by atoms with E-state index in [0.717, 1.165) is 38.0 Å². The quantitative estimate of drug-likeness (QED) is 0.756. The van der Waals surface area contributed by atoms with Gasteiger partial charge < -0.3 is 4.98 Å². The first kappa shape index (κ1) is 13.3. The largest absolute Gasteiger partial charge is 0.309 e. The van der Waals surface area contributed by atoms with Gasteiger partial charge in [-0.1, -0.05) is 28.1 Å². The Kier molecular flexibility index (Phi) is 3.75. The minimum Gasteiger partial charge on any atom is -0.309 e. The maximum atomic E-state index is 11.9. The first-order valence-corrected chi connectivity index (χ1v) is 8.03. The van der Waals surface area contributed by atoms with Crippen molar-refractivity contribution in [3.05, 3.63) is 59.7 Å². The van der Waals surface area contributed by atoms with Crippen LogP contribution in [0, 0.1) is 3.57 Å². The molecule has 5 heteroatoms. The zero-order chi connectivity index (χ0) is 13.4. The Hall–Kier alpha value is -0.690. The fraction of sp³-hybridized carbons (Fsp3) is 0.286. The molecule has 1 aromatic carbocycles. The van der Waals surface area contributed by atoms with Gasteiger partial charge in [-0.05, 0) is 53.1 Å². The van der Waals surface area contributed by atoms with Crippen molar-refractivity contribution in [2.45, 2.75) is 25.2 Å². The van der Waals surface area contributed by atoms with E-state index in [4.69, 9.17) is 0 Å². The van der Waals surface area contributed by atoms with Crippen molar-refractivity contribution in [3.8, 4) is 0 Å². The van der Waals surface area contributed by atoms with E-state index in [1.165, 1.54) is 0 Å². The van der Waals surface area contributed by atoms with Crippen molar-refractivity contribution < 1.29 is 0 Å². The Labute approximate surface area is 133 Å². The number of aromatic amines is 1. The molecule has 1 N–H and O–H groups in total. The summed E-state index contributed by atoms with van der Waals surface area (Å²) in [5.74, 6) is 1.25. The van der Waals surface area contributed by atoms with Crippen LogP contribution in [-0.4, -0.2) is 9.97 Å². The van der Waals surface area contributed by atoms with Crippen molar-refractivity contribution >= 4 is 38.5 Å². The van der Waals surface area contributed by atoms with Crippen LogP contribution in [0.15, 0.2) is 33.5 Å². The molecule has 2 aromatic rings. The van der Waals surface area contributed by atoms with Gasteiger partial charge in [0.05, 0.1) is 9.26 Å². The maximum Gasteiger partial charge on any atom is 0.264 e. The van der Waals surface area contributed by atoms with Crippen LogP contribution in [0.4, 0.5) is 0 Å². The highest BCUT2D eigenvalue weighted by Crippen LogP contribution is 2.40. The molecule has 3 rings (SSSR count). The normalized spacial score (nSPS) is 14.6. The summed E-state index contributed by atoms with van der Waals surface area (Å²) < 4.78 is 1.79. The van der Waals surface area contributed by atoms with Gasteiger partial charge in [0.25, 0.3) is 5.56 Å². The summed E-state index contributed by atoms with van der Waals surface area (Å²) in [6, 6.07) is 8.07. The average Bonchev–Trinajstić information content (AvgIpc) is 3.18. The van der Waals surface area contributed by atoms with Gasteiger partial charge in [-0.2, -0.15) is 0 Å². The van der Waals surface area contributed by atoms with E-state index in [1.54, 1.807) is 0 Å². The van der Waals surface area contributed by atoms with Gasteiger partial charge in [0.2, 0.25) is 0 Å². The van der Waals surface area contributed by atoms with Crippen molar-refractivity contribution in [1.29, 1.82) is 0 Å². The molecule has 0 aliphatic heterocycles. The topological polar surface area (TPSA) is 45.8 Å². The molecular formula is C14H12BrIN2O. The van der Waals surface area contributed by atoms with Crippen molar-refractivity contribution in [2.75, 3.05) is 0 Å². The molecule has 1 aliphatic carbocycles. The van der Waals surface area contributed by atoms with Crippen LogP contribution in [0.3, 0.4) is 0 Å². The summed E-state index contributed by atoms with van der Waals surface area (Å²) in [6.45, 7) is 0. The lowest BCUT2D eigenvalue weighted by atomic mass is 10.1. The van der Waals surface area contributed by atoms with Crippen LogP contribution in [0.5, 0.6) is 0 Å². The number of nitrogens with zero attached hydrogens (tertiary/aromatic N) is 1. The lowest BCUT2D eigenvalue weighted by molar-refractivity contribution is 0.869. The fourth-order valence-corrected chi connectivity index (χ4v) is 3.22. The van der Waals surface area contributed by atoms with Crippen molar-refractivity contribution in [2.24, 2.45) is 0 Å². The molecule has 0 amide bonds. The lowest BCUT2D eigenvalue weighted by Gasteiger charge is -2.06. The van der Waals surface area contributed by atoms with Gasteiger partial charge in [0.15, 0.2) is 0 Å². The van der Waals surface area contributed by atoms with Crippen LogP contribution in [-0.2, 0) is 6.42 Å². The minimum absolute atomic E-state index is 0.0116. The van der Waals surface area contributed by atoms with Crippen LogP contribution >= 0.6 is 38.5 Å². The van der Waals surface area contributed by atoms with Crippen molar-refractivity contribution in [1.82, 2.24) is 9.97 Å². The number of aromatic nitrogens is 2. The Morgan fingerprint density at radius 3 is 2.89 bits per heavy atom. The second-order valence-electron chi connectivity index (χ2n) is 4.79. The molecule has 0 radical (unpaired) electrons. The van der Waals surface area contributed by atoms with Crippen LogP contribution < -0.4 is 5.56 Å². The second kappa shape index (κ2) is 5.36. The number of H-pyrrole nitrogens is 1. The summed E-state index contributed by atoms with van der Waals surface area (Å²) in [6.07, 6.45) is 2.97. The third kappa shape index (κ3) is 3.08. The molecule has 19 heavy (non-hydrogen) atoms. The molecule has 1 fully saturated rings. The molecule has 0 saturated heterocycles. The van der Waals surface area contributed by atoms with Gasteiger partial charge in [0.1, 0.15) is 5.82 Å². The van der Waals surface area contributed by atoms with Gasteiger partial charge >= 0.3 is 0 Å². The highest BCUT2D eigenvalue weighted by atomic mass is 127. The zero-order valence-electron chi connectivity index (χ0n) is 10.1. The summed E-state index contributed by atoms with van der Waals surface area (Å²) in [5, 5.41) is 0. The van der Waals surface area contributed by atoms with Gasteiger partial charge in [0, 0.05) is 16.8 Å². The van der Waals surface area contributed by atoms with E-state index in [-0.39, 0.29) is 5.56 Å². The first-order chi connectivity index (χ1) is 9.13. The molecule has 98 valence electrons. The minimum atomic E-state index is -0.0116. The number of benzene rings is 1. The van der Waals surface area contributed by atoms with Gasteiger partial charge in [-0.25, -0.2) is 4.98 Å². The summed E-state index contributed by atoms with van der Waals surface area (Å²) in [7, 11) is 0. The number of nitrogens with one attached hydrogen (secondary N) is 1. The Morgan fingerprint density at radius 1 is 1.42 bits per heavy atom. The summed E-state index contributed by atoms with van der Waals surface area (Å²) in [4.78, 5) is 19.5. The van der Waals surface area contributed by atoms with Crippen LogP contribution in [0.1, 0.15) is 35.8 Å². The van der Waals surface area contributed by atoms with Crippen molar-refractivity contribution in [3.63, 3.8) is 0 Å².